The van der Waals surface area contributed by atoms with E-state index in [2.05, 4.69) is 5.32 Å². The molecule has 1 fully saturated rings. The van der Waals surface area contributed by atoms with E-state index in [0.29, 0.717) is 0 Å². The van der Waals surface area contributed by atoms with Gasteiger partial charge in [-0.2, -0.15) is 0 Å². The number of amides is 1. The zero-order chi connectivity index (χ0) is 11.5. The average molecular weight is 221 g/mol. The third-order valence-electron chi connectivity index (χ3n) is 2.95. The molecule has 1 aliphatic rings. The summed E-state index contributed by atoms with van der Waals surface area (Å²) in [5, 5.41) is 10.5. The summed E-state index contributed by atoms with van der Waals surface area (Å²) >= 11 is 0. The molecule has 2 unspecified atom stereocenters. The van der Waals surface area contributed by atoms with Gasteiger partial charge in [0.15, 0.2) is 0 Å². The first-order valence-corrected chi connectivity index (χ1v) is 5.22. The molecule has 88 valence electrons. The van der Waals surface area contributed by atoms with Crippen LogP contribution < -0.4 is 5.32 Å². The normalized spacial score (nSPS) is 26.7. The number of aliphatic hydroxyl groups excluding tert-OH is 1. The second-order valence-corrected chi connectivity index (χ2v) is 4.25. The largest absolute Gasteiger partial charge is 0.390 e. The van der Waals surface area contributed by atoms with Crippen LogP contribution in [0.5, 0.6) is 0 Å². The maximum Gasteiger partial charge on any atom is 0.287 e. The van der Waals surface area contributed by atoms with E-state index in [9.17, 15) is 13.6 Å². The second-order valence-electron chi connectivity index (χ2n) is 4.25. The van der Waals surface area contributed by atoms with Crippen molar-refractivity contribution >= 4 is 5.91 Å². The summed E-state index contributed by atoms with van der Waals surface area (Å²) in [5.41, 5.74) is 0. The lowest BCUT2D eigenvalue weighted by molar-refractivity contribution is -0.128. The summed E-state index contributed by atoms with van der Waals surface area (Å²) in [6, 6.07) is 0. The monoisotopic (exact) mass is 221 g/mol. The van der Waals surface area contributed by atoms with Crippen LogP contribution >= 0.6 is 0 Å². The fraction of sp³-hybridized carbons (Fsp3) is 0.900. The van der Waals surface area contributed by atoms with Gasteiger partial charge in [0, 0.05) is 5.92 Å². The molecule has 0 spiro atoms. The molecule has 0 aromatic heterocycles. The second kappa shape index (κ2) is 4.88. The highest BCUT2D eigenvalue weighted by molar-refractivity contribution is 5.79. The van der Waals surface area contributed by atoms with Crippen LogP contribution in [0, 0.1) is 11.8 Å². The van der Waals surface area contributed by atoms with E-state index >= 15 is 0 Å². The molecule has 1 rings (SSSR count). The lowest BCUT2D eigenvalue weighted by Gasteiger charge is -2.18. The number of rotatable bonds is 4. The van der Waals surface area contributed by atoms with Crippen LogP contribution in [0.2, 0.25) is 0 Å². The minimum atomic E-state index is -3.21. The smallest absolute Gasteiger partial charge is 0.287 e. The highest BCUT2D eigenvalue weighted by Gasteiger charge is 2.33. The van der Waals surface area contributed by atoms with Crippen LogP contribution in [-0.4, -0.2) is 30.1 Å². The fourth-order valence-electron chi connectivity index (χ4n) is 1.94. The summed E-state index contributed by atoms with van der Waals surface area (Å²) < 4.78 is 25.3. The SMILES string of the molecule is CC1CCCC1C(=O)NCC(F)(F)CO. The maximum absolute atomic E-state index is 12.6. The van der Waals surface area contributed by atoms with E-state index in [1.165, 1.54) is 0 Å². The van der Waals surface area contributed by atoms with Crippen molar-refractivity contribution in [1.82, 2.24) is 5.32 Å². The first-order chi connectivity index (χ1) is 6.96. The Morgan fingerprint density at radius 3 is 2.67 bits per heavy atom. The van der Waals surface area contributed by atoms with Gasteiger partial charge in [-0.05, 0) is 18.8 Å². The van der Waals surface area contributed by atoms with E-state index in [-0.39, 0.29) is 17.7 Å². The summed E-state index contributed by atoms with van der Waals surface area (Å²) in [6.45, 7) is -0.0412. The molecule has 0 saturated heterocycles. The Morgan fingerprint density at radius 2 is 2.20 bits per heavy atom. The first kappa shape index (κ1) is 12.4. The van der Waals surface area contributed by atoms with Gasteiger partial charge < -0.3 is 10.4 Å². The molecule has 1 aliphatic carbocycles. The molecule has 2 atom stereocenters. The van der Waals surface area contributed by atoms with Crippen LogP contribution in [-0.2, 0) is 4.79 Å². The molecule has 1 saturated carbocycles. The predicted molar refractivity (Wildman–Crippen MR) is 51.5 cm³/mol. The van der Waals surface area contributed by atoms with Crippen molar-refractivity contribution in [3.05, 3.63) is 0 Å². The zero-order valence-corrected chi connectivity index (χ0v) is 8.80. The van der Waals surface area contributed by atoms with Crippen molar-refractivity contribution in [2.75, 3.05) is 13.2 Å². The molecule has 3 nitrogen and oxygen atoms in total. The standard InChI is InChI=1S/C10H17F2NO2/c1-7-3-2-4-8(7)9(15)13-5-10(11,12)6-14/h7-8,14H,2-6H2,1H3,(H,13,15). The third kappa shape index (κ3) is 3.41. The summed E-state index contributed by atoms with van der Waals surface area (Å²) in [4.78, 5) is 11.5. The van der Waals surface area contributed by atoms with E-state index in [0.717, 1.165) is 19.3 Å². The van der Waals surface area contributed by atoms with Crippen LogP contribution in [0.1, 0.15) is 26.2 Å². The first-order valence-electron chi connectivity index (χ1n) is 5.22. The van der Waals surface area contributed by atoms with E-state index in [1.807, 2.05) is 6.92 Å². The Balaban J connectivity index is 2.36. The molecule has 0 aliphatic heterocycles. The molecular weight excluding hydrogens is 204 g/mol. The molecule has 2 N–H and O–H groups in total. The molecule has 0 aromatic carbocycles. The maximum atomic E-state index is 12.6. The Hall–Kier alpha value is -0.710. The Labute approximate surface area is 87.9 Å². The number of carbonyl (C=O) groups is 1. The van der Waals surface area contributed by atoms with Gasteiger partial charge in [-0.25, -0.2) is 8.78 Å². The molecule has 5 heteroatoms. The zero-order valence-electron chi connectivity index (χ0n) is 8.80. The summed E-state index contributed by atoms with van der Waals surface area (Å²) in [6.07, 6.45) is 2.74. The highest BCUT2D eigenvalue weighted by Crippen LogP contribution is 2.31. The van der Waals surface area contributed by atoms with Gasteiger partial charge in [-0.3, -0.25) is 4.79 Å². The number of hydrogen-bond donors (Lipinski definition) is 2. The lowest BCUT2D eigenvalue weighted by Crippen LogP contribution is -2.42. The molecule has 0 radical (unpaired) electrons. The molecule has 0 bridgehead atoms. The summed E-state index contributed by atoms with van der Waals surface area (Å²) in [5.74, 6) is -3.39. The van der Waals surface area contributed by atoms with Crippen LogP contribution in [0.3, 0.4) is 0 Å². The summed E-state index contributed by atoms with van der Waals surface area (Å²) in [7, 11) is 0. The van der Waals surface area contributed by atoms with Crippen molar-refractivity contribution in [2.45, 2.75) is 32.1 Å². The third-order valence-corrected chi connectivity index (χ3v) is 2.95. The minimum Gasteiger partial charge on any atom is -0.390 e. The van der Waals surface area contributed by atoms with Crippen LogP contribution in [0.15, 0.2) is 0 Å². The Morgan fingerprint density at radius 1 is 1.53 bits per heavy atom. The highest BCUT2D eigenvalue weighted by atomic mass is 19.3. The quantitative estimate of drug-likeness (QED) is 0.748. The van der Waals surface area contributed by atoms with Crippen molar-refractivity contribution in [3.63, 3.8) is 0 Å². The molecule has 0 heterocycles. The molecular formula is C10H17F2NO2. The number of nitrogens with one attached hydrogen (secondary N) is 1. The number of halogens is 2. The van der Waals surface area contributed by atoms with E-state index in [1.54, 1.807) is 0 Å². The van der Waals surface area contributed by atoms with Crippen molar-refractivity contribution in [3.8, 4) is 0 Å². The van der Waals surface area contributed by atoms with Gasteiger partial charge in [0.1, 0.15) is 6.61 Å². The molecule has 0 aromatic rings. The number of hydrogen-bond acceptors (Lipinski definition) is 2. The predicted octanol–water partition coefficient (Wildman–Crippen LogP) is 1.17. The van der Waals surface area contributed by atoms with Gasteiger partial charge in [0.25, 0.3) is 5.92 Å². The van der Waals surface area contributed by atoms with Gasteiger partial charge >= 0.3 is 0 Å². The van der Waals surface area contributed by atoms with Crippen LogP contribution in [0.25, 0.3) is 0 Å². The van der Waals surface area contributed by atoms with Crippen LogP contribution in [0.4, 0.5) is 8.78 Å². The van der Waals surface area contributed by atoms with Gasteiger partial charge in [0.05, 0.1) is 6.54 Å². The molecule has 15 heavy (non-hydrogen) atoms. The van der Waals surface area contributed by atoms with Crippen molar-refractivity contribution < 1.29 is 18.7 Å². The Bertz CT molecular complexity index is 233. The Kier molecular flexibility index (Phi) is 4.02. The van der Waals surface area contributed by atoms with Crippen molar-refractivity contribution in [1.29, 1.82) is 0 Å². The minimum absolute atomic E-state index is 0.139. The number of alkyl halides is 2. The lowest BCUT2D eigenvalue weighted by atomic mass is 9.97. The van der Waals surface area contributed by atoms with Crippen molar-refractivity contribution in [2.24, 2.45) is 11.8 Å². The topological polar surface area (TPSA) is 49.3 Å². The average Bonchev–Trinajstić information content (AvgIpc) is 2.61. The van der Waals surface area contributed by atoms with Gasteiger partial charge in [0.2, 0.25) is 5.91 Å². The van der Waals surface area contributed by atoms with E-state index < -0.39 is 19.1 Å². The van der Waals surface area contributed by atoms with Gasteiger partial charge in [-0.1, -0.05) is 13.3 Å². The fourth-order valence-corrected chi connectivity index (χ4v) is 1.94. The molecule has 1 amide bonds. The number of carbonyl (C=O) groups excluding carboxylic acids is 1. The van der Waals surface area contributed by atoms with E-state index in [4.69, 9.17) is 5.11 Å². The number of aliphatic hydroxyl groups is 1. The van der Waals surface area contributed by atoms with Gasteiger partial charge in [-0.15, -0.1) is 0 Å².